The molecule has 1 N–H and O–H groups in total. The van der Waals surface area contributed by atoms with Crippen molar-refractivity contribution < 1.29 is 4.74 Å². The fourth-order valence-corrected chi connectivity index (χ4v) is 0.569. The van der Waals surface area contributed by atoms with Crippen LogP contribution in [0.4, 0.5) is 0 Å². The smallest absolute Gasteiger partial charge is 0.129 e. The molecule has 1 heteroatoms. The molecule has 0 aromatic carbocycles. The van der Waals surface area contributed by atoms with Crippen LogP contribution in [0.5, 0.6) is 0 Å². The zero-order valence-electron chi connectivity index (χ0n) is 3.85. The van der Waals surface area contributed by atoms with Crippen molar-refractivity contribution in [3.63, 3.8) is 0 Å². The molecule has 0 aliphatic heterocycles. The molecule has 0 aromatic rings. The number of hydrogen-bond donors (Lipinski definition) is 0. The van der Waals surface area contributed by atoms with E-state index in [0.29, 0.717) is 6.10 Å². The molecule has 6 heavy (non-hydrogen) atoms. The molecule has 0 unspecified atom stereocenters. The Bertz CT molecular complexity index is 36.4. The lowest BCUT2D eigenvalue weighted by molar-refractivity contribution is -0.0696. The lowest BCUT2D eigenvalue weighted by atomic mass is 9.96. The van der Waals surface area contributed by atoms with Crippen molar-refractivity contribution in [2.75, 3.05) is 0 Å². The number of aliphatic hydroxyl groups is 2. The molecular formula is C5H10O. The Balaban J connectivity index is 2.01. The zero-order valence-corrected chi connectivity index (χ0v) is 3.85. The van der Waals surface area contributed by atoms with Gasteiger partial charge in [-0.1, -0.05) is 7.11 Å². The third kappa shape index (κ3) is 0.548. The van der Waals surface area contributed by atoms with Gasteiger partial charge in [0, 0.05) is 12.8 Å². The lowest BCUT2D eigenvalue weighted by Gasteiger charge is -2.22. The first-order valence-electron chi connectivity index (χ1n) is 2.39. The molecule has 36 valence electrons. The highest BCUT2D eigenvalue weighted by Crippen LogP contribution is 2.19. The lowest BCUT2D eigenvalue weighted by Crippen LogP contribution is -2.21. The first-order chi connectivity index (χ1) is 2.93. The molecule has 1 fully saturated rings. The molecule has 1 rings (SSSR count). The SMILES string of the molecule is [CH2-][OH+]C1CCC1. The van der Waals surface area contributed by atoms with Gasteiger partial charge < -0.3 is 4.74 Å². The maximum Gasteiger partial charge on any atom is 0.129 e. The quantitative estimate of drug-likeness (QED) is 0.331. The molecule has 0 atom stereocenters. The van der Waals surface area contributed by atoms with Gasteiger partial charge in [-0.2, -0.15) is 0 Å². The van der Waals surface area contributed by atoms with Gasteiger partial charge in [0.25, 0.3) is 0 Å². The van der Waals surface area contributed by atoms with Crippen LogP contribution in [0.25, 0.3) is 0 Å². The maximum atomic E-state index is 3.84. The van der Waals surface area contributed by atoms with Gasteiger partial charge >= 0.3 is 0 Å². The van der Waals surface area contributed by atoms with E-state index in [-0.39, 0.29) is 0 Å². The van der Waals surface area contributed by atoms with Crippen molar-refractivity contribution >= 4 is 0 Å². The summed E-state index contributed by atoms with van der Waals surface area (Å²) in [5.41, 5.74) is 0. The van der Waals surface area contributed by atoms with Crippen molar-refractivity contribution in [1.82, 2.24) is 0 Å². The number of hydrogen-bond acceptors (Lipinski definition) is 0. The summed E-state index contributed by atoms with van der Waals surface area (Å²) in [6, 6.07) is 0. The van der Waals surface area contributed by atoms with Crippen molar-refractivity contribution in [3.8, 4) is 0 Å². The summed E-state index contributed by atoms with van der Waals surface area (Å²) in [5, 5.41) is 0. The van der Waals surface area contributed by atoms with Gasteiger partial charge in [-0.05, 0) is 6.42 Å². The number of ether oxygens (including phenoxy) is 1. The predicted octanol–water partition coefficient (Wildman–Crippen LogP) is 0.858. The van der Waals surface area contributed by atoms with Gasteiger partial charge in [-0.15, -0.1) is 0 Å². The van der Waals surface area contributed by atoms with Crippen LogP contribution in [0.2, 0.25) is 0 Å². The summed E-state index contributed by atoms with van der Waals surface area (Å²) in [7, 11) is 3.43. The minimum absolute atomic E-state index is 0.630. The predicted molar refractivity (Wildman–Crippen MR) is 25.2 cm³/mol. The van der Waals surface area contributed by atoms with E-state index in [0.717, 1.165) is 0 Å². The van der Waals surface area contributed by atoms with Gasteiger partial charge in [0.15, 0.2) is 0 Å². The van der Waals surface area contributed by atoms with Gasteiger partial charge in [0.05, 0.1) is 0 Å². The van der Waals surface area contributed by atoms with Crippen molar-refractivity contribution in [2.24, 2.45) is 0 Å². The zero-order chi connectivity index (χ0) is 4.41. The van der Waals surface area contributed by atoms with Gasteiger partial charge in [-0.25, -0.2) is 0 Å². The van der Waals surface area contributed by atoms with Crippen molar-refractivity contribution in [2.45, 2.75) is 25.4 Å². The van der Waals surface area contributed by atoms with Crippen LogP contribution in [0.3, 0.4) is 0 Å². The Kier molecular flexibility index (Phi) is 1.10. The number of rotatable bonds is 1. The van der Waals surface area contributed by atoms with Gasteiger partial charge in [0.1, 0.15) is 6.10 Å². The van der Waals surface area contributed by atoms with Crippen LogP contribution in [0, 0.1) is 7.11 Å². The monoisotopic (exact) mass is 86.1 g/mol. The first-order valence-corrected chi connectivity index (χ1v) is 2.39. The summed E-state index contributed by atoms with van der Waals surface area (Å²) in [6.45, 7) is 0. The van der Waals surface area contributed by atoms with Crippen LogP contribution in [0.15, 0.2) is 0 Å². The molecule has 1 aliphatic carbocycles. The van der Waals surface area contributed by atoms with E-state index in [2.05, 4.69) is 11.8 Å². The highest BCUT2D eigenvalue weighted by molar-refractivity contribution is 4.67. The summed E-state index contributed by atoms with van der Waals surface area (Å²) >= 11 is 0. The highest BCUT2D eigenvalue weighted by Gasteiger charge is 2.17. The average molecular weight is 86.1 g/mol. The average Bonchev–Trinajstić information content (AvgIpc) is 1.31. The van der Waals surface area contributed by atoms with Crippen LogP contribution in [0.1, 0.15) is 19.3 Å². The molecule has 0 radical (unpaired) electrons. The highest BCUT2D eigenvalue weighted by atomic mass is 16.5. The molecule has 0 spiro atoms. The summed E-state index contributed by atoms with van der Waals surface area (Å²) in [4.78, 5) is 0. The molecule has 1 saturated carbocycles. The van der Waals surface area contributed by atoms with Crippen molar-refractivity contribution in [1.29, 1.82) is 0 Å². The Morgan fingerprint density at radius 2 is 2.17 bits per heavy atom. The second-order valence-electron chi connectivity index (χ2n) is 1.77. The first kappa shape index (κ1) is 4.13. The molecule has 0 saturated heterocycles. The fraction of sp³-hybridized carbons (Fsp3) is 0.800. The maximum absolute atomic E-state index is 3.84. The fourth-order valence-electron chi connectivity index (χ4n) is 0.569. The largest absolute Gasteiger partial charge is 0.579 e. The van der Waals surface area contributed by atoms with E-state index >= 15 is 0 Å². The molecule has 0 bridgehead atoms. The van der Waals surface area contributed by atoms with E-state index in [1.54, 1.807) is 0 Å². The van der Waals surface area contributed by atoms with Crippen LogP contribution in [-0.4, -0.2) is 10.8 Å². The molecule has 0 amide bonds. The Labute approximate surface area is 38.3 Å². The molecule has 1 aliphatic rings. The van der Waals surface area contributed by atoms with E-state index in [1.165, 1.54) is 19.3 Å². The normalized spacial score (nSPS) is 23.5. The van der Waals surface area contributed by atoms with Crippen LogP contribution >= 0.6 is 0 Å². The summed E-state index contributed by atoms with van der Waals surface area (Å²) in [6.07, 6.45) is 4.56. The Morgan fingerprint density at radius 1 is 1.50 bits per heavy atom. The summed E-state index contributed by atoms with van der Waals surface area (Å²) < 4.78 is 3.84. The van der Waals surface area contributed by atoms with E-state index in [4.69, 9.17) is 0 Å². The molecule has 0 aromatic heterocycles. The van der Waals surface area contributed by atoms with E-state index in [9.17, 15) is 0 Å². The van der Waals surface area contributed by atoms with Gasteiger partial charge in [-0.3, -0.25) is 0 Å². The summed E-state index contributed by atoms with van der Waals surface area (Å²) in [5.74, 6) is 0. The van der Waals surface area contributed by atoms with E-state index in [1.807, 2.05) is 0 Å². The third-order valence-corrected chi connectivity index (χ3v) is 1.33. The topological polar surface area (TPSA) is 12.8 Å². The standard InChI is InChI=1S/C5H10O/c1-6-5-3-2-4-5/h5-6H,1-4H2. The minimum atomic E-state index is 0.630. The Morgan fingerprint density at radius 3 is 2.17 bits per heavy atom. The Hall–Kier alpha value is -0.0400. The second kappa shape index (κ2) is 1.61. The van der Waals surface area contributed by atoms with E-state index < -0.39 is 0 Å². The van der Waals surface area contributed by atoms with Gasteiger partial charge in [0.2, 0.25) is 0 Å². The van der Waals surface area contributed by atoms with Crippen LogP contribution < -0.4 is 0 Å². The third-order valence-electron chi connectivity index (χ3n) is 1.33. The molecular weight excluding hydrogens is 76.1 g/mol. The second-order valence-corrected chi connectivity index (χ2v) is 1.77. The molecule has 1 nitrogen and oxygen atoms in total. The minimum Gasteiger partial charge on any atom is -0.579 e. The van der Waals surface area contributed by atoms with Crippen molar-refractivity contribution in [3.05, 3.63) is 7.11 Å². The molecule has 0 heterocycles. The van der Waals surface area contributed by atoms with Crippen LogP contribution in [-0.2, 0) is 0 Å².